The molecule has 0 heterocycles. The lowest BCUT2D eigenvalue weighted by Gasteiger charge is -2.33. The number of alkyl halides is 3. The monoisotopic (exact) mass is 256 g/mol. The Balaban J connectivity index is 2.31. The quantitative estimate of drug-likeness (QED) is 0.853. The van der Waals surface area contributed by atoms with E-state index in [-0.39, 0.29) is 6.42 Å². The van der Waals surface area contributed by atoms with Crippen molar-refractivity contribution in [2.24, 2.45) is 5.92 Å². The van der Waals surface area contributed by atoms with E-state index in [1.807, 2.05) is 0 Å². The van der Waals surface area contributed by atoms with Crippen LogP contribution in [0.5, 0.6) is 0 Å². The summed E-state index contributed by atoms with van der Waals surface area (Å²) in [4.78, 5) is 0. The van der Waals surface area contributed by atoms with Gasteiger partial charge in [-0.1, -0.05) is 36.9 Å². The lowest BCUT2D eigenvalue weighted by Crippen LogP contribution is -2.48. The first-order valence-corrected chi connectivity index (χ1v) is 5.89. The molecular weight excluding hydrogens is 241 g/mol. The van der Waals surface area contributed by atoms with Gasteiger partial charge in [-0.3, -0.25) is 0 Å². The Hall–Kier alpha value is -1.29. The van der Waals surface area contributed by atoms with E-state index in [9.17, 15) is 18.3 Å². The summed E-state index contributed by atoms with van der Waals surface area (Å²) in [7, 11) is 0. The largest absolute Gasteiger partial charge is 0.417 e. The summed E-state index contributed by atoms with van der Waals surface area (Å²) in [5, 5.41) is 9.93. The number of halogens is 3. The highest BCUT2D eigenvalue weighted by Gasteiger charge is 2.60. The van der Waals surface area contributed by atoms with Crippen molar-refractivity contribution in [3.05, 3.63) is 42.5 Å². The zero-order chi connectivity index (χ0) is 13.4. The van der Waals surface area contributed by atoms with Crippen molar-refractivity contribution in [1.82, 2.24) is 0 Å². The molecule has 0 unspecified atom stereocenters. The summed E-state index contributed by atoms with van der Waals surface area (Å²) < 4.78 is 38.9. The van der Waals surface area contributed by atoms with Gasteiger partial charge in [-0.05, 0) is 30.4 Å². The molecule has 0 radical (unpaired) electrons. The Kier molecular flexibility index (Phi) is 3.23. The minimum atomic E-state index is -4.61. The van der Waals surface area contributed by atoms with Gasteiger partial charge in [-0.2, -0.15) is 13.2 Å². The SMILES string of the molecule is C=C(c1ccccc1)[C@H]1CCC[C@@]1(O)C(F)(F)F. The van der Waals surface area contributed by atoms with Crippen LogP contribution in [0.15, 0.2) is 36.9 Å². The molecule has 0 aromatic heterocycles. The third-order valence-electron chi connectivity index (χ3n) is 3.68. The van der Waals surface area contributed by atoms with Gasteiger partial charge < -0.3 is 5.11 Å². The molecule has 0 amide bonds. The zero-order valence-corrected chi connectivity index (χ0v) is 9.87. The summed E-state index contributed by atoms with van der Waals surface area (Å²) in [6.07, 6.45) is -4.16. The number of hydrogen-bond donors (Lipinski definition) is 1. The molecule has 1 aliphatic rings. The Bertz CT molecular complexity index is 438. The van der Waals surface area contributed by atoms with Crippen LogP contribution >= 0.6 is 0 Å². The summed E-state index contributed by atoms with van der Waals surface area (Å²) in [6.45, 7) is 3.76. The summed E-state index contributed by atoms with van der Waals surface area (Å²) in [6, 6.07) is 8.74. The van der Waals surface area contributed by atoms with Crippen molar-refractivity contribution in [3.63, 3.8) is 0 Å². The van der Waals surface area contributed by atoms with E-state index < -0.39 is 17.7 Å². The van der Waals surface area contributed by atoms with E-state index in [1.165, 1.54) is 0 Å². The van der Waals surface area contributed by atoms with Crippen LogP contribution in [0.2, 0.25) is 0 Å². The fraction of sp³-hybridized carbons (Fsp3) is 0.429. The van der Waals surface area contributed by atoms with Gasteiger partial charge >= 0.3 is 6.18 Å². The predicted octanol–water partition coefficient (Wildman–Crippen LogP) is 3.79. The lowest BCUT2D eigenvalue weighted by atomic mass is 9.82. The van der Waals surface area contributed by atoms with Crippen molar-refractivity contribution >= 4 is 5.57 Å². The smallest absolute Gasteiger partial charge is 0.380 e. The molecule has 1 aromatic rings. The molecule has 2 atom stereocenters. The minimum absolute atomic E-state index is 0.243. The highest BCUT2D eigenvalue weighted by molar-refractivity contribution is 5.66. The van der Waals surface area contributed by atoms with Crippen LogP contribution in [0.25, 0.3) is 5.57 Å². The van der Waals surface area contributed by atoms with E-state index in [1.54, 1.807) is 30.3 Å². The topological polar surface area (TPSA) is 20.2 Å². The normalized spacial score (nSPS) is 28.3. The summed E-state index contributed by atoms with van der Waals surface area (Å²) >= 11 is 0. The zero-order valence-electron chi connectivity index (χ0n) is 9.87. The second-order valence-corrected chi connectivity index (χ2v) is 4.76. The number of rotatable bonds is 2. The summed E-state index contributed by atoms with van der Waals surface area (Å²) in [5.41, 5.74) is -1.60. The van der Waals surface area contributed by atoms with Crippen molar-refractivity contribution in [2.75, 3.05) is 0 Å². The van der Waals surface area contributed by atoms with Crippen molar-refractivity contribution < 1.29 is 18.3 Å². The first-order chi connectivity index (χ1) is 8.36. The first-order valence-electron chi connectivity index (χ1n) is 5.89. The van der Waals surface area contributed by atoms with E-state index >= 15 is 0 Å². The average Bonchev–Trinajstić information content (AvgIpc) is 2.72. The molecule has 1 fully saturated rings. The first kappa shape index (κ1) is 13.1. The Labute approximate surface area is 104 Å². The van der Waals surface area contributed by atoms with Crippen molar-refractivity contribution in [3.8, 4) is 0 Å². The van der Waals surface area contributed by atoms with Crippen LogP contribution in [0, 0.1) is 5.92 Å². The van der Waals surface area contributed by atoms with Crippen LogP contribution in [0.3, 0.4) is 0 Å². The molecule has 1 nitrogen and oxygen atoms in total. The molecule has 2 rings (SSSR count). The van der Waals surface area contributed by atoms with E-state index in [4.69, 9.17) is 0 Å². The maximum absolute atomic E-state index is 13.0. The van der Waals surface area contributed by atoms with E-state index in [0.29, 0.717) is 24.0 Å². The van der Waals surface area contributed by atoms with Crippen LogP contribution in [0.1, 0.15) is 24.8 Å². The number of aliphatic hydroxyl groups is 1. The third kappa shape index (κ3) is 2.05. The molecule has 0 spiro atoms. The Morgan fingerprint density at radius 1 is 1.28 bits per heavy atom. The summed E-state index contributed by atoms with van der Waals surface area (Å²) in [5.74, 6) is -0.945. The van der Waals surface area contributed by atoms with E-state index in [0.717, 1.165) is 0 Å². The van der Waals surface area contributed by atoms with Gasteiger partial charge in [0.05, 0.1) is 0 Å². The molecule has 4 heteroatoms. The lowest BCUT2D eigenvalue weighted by molar-refractivity contribution is -0.266. The van der Waals surface area contributed by atoms with Gasteiger partial charge in [0.25, 0.3) is 0 Å². The molecule has 0 aliphatic heterocycles. The fourth-order valence-corrected chi connectivity index (χ4v) is 2.64. The van der Waals surface area contributed by atoms with Crippen LogP contribution < -0.4 is 0 Å². The average molecular weight is 256 g/mol. The van der Waals surface area contributed by atoms with Gasteiger partial charge in [-0.25, -0.2) is 0 Å². The van der Waals surface area contributed by atoms with Gasteiger partial charge in [-0.15, -0.1) is 0 Å². The standard InChI is InChI=1S/C14H15F3O/c1-10(11-6-3-2-4-7-11)12-8-5-9-13(12,18)14(15,16)17/h2-4,6-7,12,18H,1,5,8-9H2/t12-,13+/m1/s1. The maximum atomic E-state index is 13.0. The molecule has 1 aliphatic carbocycles. The van der Waals surface area contributed by atoms with Gasteiger partial charge in [0.1, 0.15) is 0 Å². The fourth-order valence-electron chi connectivity index (χ4n) is 2.64. The van der Waals surface area contributed by atoms with Gasteiger partial charge in [0, 0.05) is 5.92 Å². The highest BCUT2D eigenvalue weighted by atomic mass is 19.4. The van der Waals surface area contributed by atoms with Crippen molar-refractivity contribution in [2.45, 2.75) is 31.0 Å². The minimum Gasteiger partial charge on any atom is -0.380 e. The van der Waals surface area contributed by atoms with Crippen LogP contribution in [-0.2, 0) is 0 Å². The van der Waals surface area contributed by atoms with Gasteiger partial charge in [0.2, 0.25) is 0 Å². The predicted molar refractivity (Wildman–Crippen MR) is 63.8 cm³/mol. The molecule has 0 bridgehead atoms. The molecule has 0 saturated heterocycles. The molecule has 98 valence electrons. The van der Waals surface area contributed by atoms with Crippen LogP contribution in [0.4, 0.5) is 13.2 Å². The third-order valence-corrected chi connectivity index (χ3v) is 3.68. The molecule has 18 heavy (non-hydrogen) atoms. The maximum Gasteiger partial charge on any atom is 0.417 e. The number of hydrogen-bond acceptors (Lipinski definition) is 1. The highest BCUT2D eigenvalue weighted by Crippen LogP contribution is 2.51. The Morgan fingerprint density at radius 3 is 2.44 bits per heavy atom. The van der Waals surface area contributed by atoms with Gasteiger partial charge in [0.15, 0.2) is 5.60 Å². The Morgan fingerprint density at radius 2 is 1.89 bits per heavy atom. The van der Waals surface area contributed by atoms with Crippen LogP contribution in [-0.4, -0.2) is 16.9 Å². The second-order valence-electron chi connectivity index (χ2n) is 4.76. The second kappa shape index (κ2) is 4.43. The molecule has 1 N–H and O–H groups in total. The number of benzene rings is 1. The van der Waals surface area contributed by atoms with Crippen molar-refractivity contribution in [1.29, 1.82) is 0 Å². The molecular formula is C14H15F3O. The molecule has 1 aromatic carbocycles. The molecule has 1 saturated carbocycles. The van der Waals surface area contributed by atoms with E-state index in [2.05, 4.69) is 6.58 Å².